The topological polar surface area (TPSA) is 72.9 Å². The quantitative estimate of drug-likeness (QED) is 0.171. The molecule has 1 aliphatic rings. The van der Waals surface area contributed by atoms with Crippen LogP contribution in [0.3, 0.4) is 0 Å². The predicted octanol–water partition coefficient (Wildman–Crippen LogP) is 6.31. The summed E-state index contributed by atoms with van der Waals surface area (Å²) in [6, 6.07) is 17.0. The van der Waals surface area contributed by atoms with E-state index in [1.807, 2.05) is 19.9 Å². The molecule has 2 aromatic carbocycles. The van der Waals surface area contributed by atoms with Gasteiger partial charge in [0, 0.05) is 48.1 Å². The van der Waals surface area contributed by atoms with Crippen LogP contribution in [0, 0.1) is 13.8 Å². The molecule has 39 heavy (non-hydrogen) atoms. The van der Waals surface area contributed by atoms with Crippen molar-refractivity contribution in [1.29, 1.82) is 0 Å². The first-order chi connectivity index (χ1) is 18.5. The zero-order valence-electron chi connectivity index (χ0n) is 22.6. The maximum absolute atomic E-state index is 5.74. The minimum Gasteiger partial charge on any atom is -0.441 e. The molecule has 0 radical (unpaired) electrons. The third-order valence-electron chi connectivity index (χ3n) is 7.27. The average Bonchev–Trinajstić information content (AvgIpc) is 3.45. The van der Waals surface area contributed by atoms with Gasteiger partial charge in [-0.3, -0.25) is 4.98 Å². The van der Waals surface area contributed by atoms with Gasteiger partial charge in [0.2, 0.25) is 5.89 Å². The summed E-state index contributed by atoms with van der Waals surface area (Å²) in [7, 11) is 2.05. The lowest BCUT2D eigenvalue weighted by atomic mass is 10.00. The maximum Gasteiger partial charge on any atom is 0.226 e. The largest absolute Gasteiger partial charge is 0.441 e. The molecule has 0 amide bonds. The van der Waals surface area contributed by atoms with Gasteiger partial charge in [-0.15, -0.1) is 22.6 Å². The molecule has 0 bridgehead atoms. The Morgan fingerprint density at radius 1 is 0.974 bits per heavy atom. The van der Waals surface area contributed by atoms with E-state index in [1.165, 1.54) is 11.1 Å². The number of hydrogen-bond acceptors (Lipinski definition) is 7. The number of oxazole rings is 1. The van der Waals surface area contributed by atoms with Gasteiger partial charge in [0.1, 0.15) is 5.76 Å². The van der Waals surface area contributed by atoms with Crippen LogP contribution in [0.2, 0.25) is 0 Å². The number of nitrogens with zero attached hydrogens (tertiary/aromatic N) is 6. The third kappa shape index (κ3) is 5.88. The van der Waals surface area contributed by atoms with Crippen LogP contribution < -0.4 is 0 Å². The number of aryl methyl sites for hydroxylation is 2. The summed E-state index contributed by atoms with van der Waals surface area (Å²) in [4.78, 5) is 11.6. The van der Waals surface area contributed by atoms with Crippen molar-refractivity contribution in [2.75, 3.05) is 25.4 Å². The minimum atomic E-state index is 0. The first-order valence-electron chi connectivity index (χ1n) is 13.2. The number of halogens is 1. The second-order valence-electron chi connectivity index (χ2n) is 9.99. The zero-order chi connectivity index (χ0) is 26.1. The minimum absolute atomic E-state index is 0. The van der Waals surface area contributed by atoms with Crippen LogP contribution in [0.5, 0.6) is 0 Å². The van der Waals surface area contributed by atoms with Crippen LogP contribution in [0.25, 0.3) is 33.7 Å². The summed E-state index contributed by atoms with van der Waals surface area (Å²) in [6.07, 6.45) is 5.04. The van der Waals surface area contributed by atoms with Crippen molar-refractivity contribution in [1.82, 2.24) is 29.6 Å². The molecule has 4 heterocycles. The van der Waals surface area contributed by atoms with Crippen molar-refractivity contribution in [3.8, 4) is 22.8 Å². The highest BCUT2D eigenvalue weighted by Gasteiger charge is 2.17. The van der Waals surface area contributed by atoms with Crippen LogP contribution in [-0.2, 0) is 19.9 Å². The molecule has 7 nitrogen and oxygen atoms in total. The number of thioether (sulfide) groups is 1. The molecule has 0 spiro atoms. The van der Waals surface area contributed by atoms with Crippen LogP contribution in [-0.4, -0.2) is 55.0 Å². The number of pyridine rings is 1. The molecule has 0 saturated heterocycles. The summed E-state index contributed by atoms with van der Waals surface area (Å²) in [5, 5.41) is 11.1. The van der Waals surface area contributed by atoms with E-state index in [0.717, 1.165) is 89.1 Å². The van der Waals surface area contributed by atoms with Crippen molar-refractivity contribution in [2.24, 2.45) is 7.05 Å². The summed E-state index contributed by atoms with van der Waals surface area (Å²) in [6.45, 7) is 7.21. The Bertz CT molecular complexity index is 1600. The molecule has 0 aliphatic carbocycles. The Morgan fingerprint density at radius 2 is 1.82 bits per heavy atom. The van der Waals surface area contributed by atoms with Gasteiger partial charge in [-0.05, 0) is 75.0 Å². The summed E-state index contributed by atoms with van der Waals surface area (Å²) >= 11 is 1.78. The highest BCUT2D eigenvalue weighted by molar-refractivity contribution is 7.99. The molecule has 5 aromatic rings. The Kier molecular flexibility index (Phi) is 8.35. The fraction of sp³-hybridized carbons (Fsp3) is 0.333. The third-order valence-corrected chi connectivity index (χ3v) is 8.37. The molecule has 202 valence electrons. The van der Waals surface area contributed by atoms with Crippen molar-refractivity contribution < 1.29 is 4.42 Å². The van der Waals surface area contributed by atoms with Crippen molar-refractivity contribution in [2.45, 2.75) is 38.3 Å². The smallest absolute Gasteiger partial charge is 0.226 e. The summed E-state index contributed by atoms with van der Waals surface area (Å²) in [5.74, 6) is 3.45. The maximum atomic E-state index is 5.74. The van der Waals surface area contributed by atoms with Gasteiger partial charge in [-0.1, -0.05) is 36.0 Å². The van der Waals surface area contributed by atoms with Crippen LogP contribution in [0.4, 0.5) is 0 Å². The molecule has 9 heteroatoms. The van der Waals surface area contributed by atoms with Crippen molar-refractivity contribution in [3.05, 3.63) is 77.3 Å². The Labute approximate surface area is 239 Å². The lowest BCUT2D eigenvalue weighted by Crippen LogP contribution is -2.27. The van der Waals surface area contributed by atoms with E-state index >= 15 is 0 Å². The standard InChI is InChI=1S/C30H32N6OS.ClH/c1-20-8-11-25-26(6-4-7-27(25)32-20)28-33-34-30(35(28)3)38-17-5-14-36-15-12-22-9-10-24(18-23(22)13-16-36)29-31-19-21(2)37-29;/h4,6-11,18-19H,5,12-17H2,1-3H3;1H. The van der Waals surface area contributed by atoms with Gasteiger partial charge in [-0.2, -0.15) is 0 Å². The molecule has 1 aliphatic heterocycles. The molecule has 3 aromatic heterocycles. The van der Waals surface area contributed by atoms with Crippen LogP contribution in [0.15, 0.2) is 64.3 Å². The monoisotopic (exact) mass is 560 g/mol. The second kappa shape index (κ2) is 11.9. The highest BCUT2D eigenvalue weighted by atomic mass is 35.5. The van der Waals surface area contributed by atoms with E-state index in [1.54, 1.807) is 18.0 Å². The van der Waals surface area contributed by atoms with Crippen molar-refractivity contribution >= 4 is 35.1 Å². The summed E-state index contributed by atoms with van der Waals surface area (Å²) < 4.78 is 7.84. The van der Waals surface area contributed by atoms with E-state index in [4.69, 9.17) is 4.42 Å². The number of benzene rings is 2. The fourth-order valence-corrected chi connectivity index (χ4v) is 6.03. The highest BCUT2D eigenvalue weighted by Crippen LogP contribution is 2.29. The van der Waals surface area contributed by atoms with E-state index < -0.39 is 0 Å². The second-order valence-corrected chi connectivity index (χ2v) is 11.1. The number of rotatable bonds is 7. The number of hydrogen-bond donors (Lipinski definition) is 0. The van der Waals surface area contributed by atoms with E-state index in [-0.39, 0.29) is 12.4 Å². The van der Waals surface area contributed by atoms with Gasteiger partial charge >= 0.3 is 0 Å². The number of fused-ring (bicyclic) bond motifs is 2. The molecular formula is C30H33ClN6OS. The lowest BCUT2D eigenvalue weighted by molar-refractivity contribution is 0.289. The van der Waals surface area contributed by atoms with Gasteiger partial charge < -0.3 is 13.9 Å². The molecule has 0 saturated carbocycles. The SMILES string of the molecule is Cc1ccc2c(-c3nnc(SCCCN4CCc5ccc(-c6ncc(C)o6)cc5CC4)n3C)cccc2n1.Cl. The Morgan fingerprint density at radius 3 is 2.64 bits per heavy atom. The van der Waals surface area contributed by atoms with Crippen molar-refractivity contribution in [3.63, 3.8) is 0 Å². The molecule has 0 fully saturated rings. The zero-order valence-corrected chi connectivity index (χ0v) is 24.2. The van der Waals surface area contributed by atoms with E-state index in [0.29, 0.717) is 5.89 Å². The molecular weight excluding hydrogens is 528 g/mol. The van der Waals surface area contributed by atoms with Gasteiger partial charge in [0.05, 0.1) is 11.7 Å². The Balaban J connectivity index is 0.00000308. The predicted molar refractivity (Wildman–Crippen MR) is 160 cm³/mol. The normalized spacial score (nSPS) is 13.7. The van der Waals surface area contributed by atoms with Crippen LogP contribution in [0.1, 0.15) is 29.0 Å². The summed E-state index contributed by atoms with van der Waals surface area (Å²) in [5.41, 5.74) is 7.01. The van der Waals surface area contributed by atoms with E-state index in [2.05, 4.69) is 79.1 Å². The lowest BCUT2D eigenvalue weighted by Gasteiger charge is -2.19. The first-order valence-corrected chi connectivity index (χ1v) is 14.2. The van der Waals surface area contributed by atoms with Gasteiger partial charge in [-0.25, -0.2) is 4.98 Å². The van der Waals surface area contributed by atoms with E-state index in [9.17, 15) is 0 Å². The fourth-order valence-electron chi connectivity index (χ4n) is 5.19. The number of aromatic nitrogens is 5. The average molecular weight is 561 g/mol. The molecule has 0 N–H and O–H groups in total. The molecule has 0 atom stereocenters. The van der Waals surface area contributed by atoms with Crippen LogP contribution >= 0.6 is 24.2 Å². The Hall–Kier alpha value is -3.20. The molecule has 0 unspecified atom stereocenters. The first kappa shape index (κ1) is 27.4. The molecule has 6 rings (SSSR count). The van der Waals surface area contributed by atoms with Gasteiger partial charge in [0.15, 0.2) is 11.0 Å². The van der Waals surface area contributed by atoms with Gasteiger partial charge in [0.25, 0.3) is 0 Å².